The average Bonchev–Trinajstić information content (AvgIpc) is 1.99. The van der Waals surface area contributed by atoms with Crippen LogP contribution >= 0.6 is 0 Å². The van der Waals surface area contributed by atoms with Crippen LogP contribution in [-0.2, 0) is 4.74 Å². The van der Waals surface area contributed by atoms with E-state index in [1.54, 1.807) is 20.8 Å². The first kappa shape index (κ1) is 14.2. The number of aliphatic hydroxyl groups excluding tert-OH is 1. The van der Waals surface area contributed by atoms with E-state index in [0.717, 1.165) is 4.90 Å². The van der Waals surface area contributed by atoms with Gasteiger partial charge in [0.05, 0.1) is 12.6 Å². The highest BCUT2D eigenvalue weighted by Gasteiger charge is 2.22. The second-order valence-corrected chi connectivity index (χ2v) is 4.46. The number of ether oxygens (including phenoxy) is 1. The minimum atomic E-state index is -0.691. The highest BCUT2D eigenvalue weighted by Crippen LogP contribution is 2.10. The number of amides is 1. The van der Waals surface area contributed by atoms with E-state index in [2.05, 4.69) is 0 Å². The molecule has 90 valence electrons. The highest BCUT2D eigenvalue weighted by atomic mass is 19.1. The van der Waals surface area contributed by atoms with Gasteiger partial charge in [-0.2, -0.15) is 0 Å². The summed E-state index contributed by atoms with van der Waals surface area (Å²) in [7, 11) is 0. The van der Waals surface area contributed by atoms with Crippen molar-refractivity contribution in [2.75, 3.05) is 19.8 Å². The number of alkyl halides is 1. The maximum Gasteiger partial charge on any atom is 0.410 e. The number of nitrogens with zero attached hydrogens (tertiary/aromatic N) is 1. The van der Waals surface area contributed by atoms with E-state index >= 15 is 0 Å². The quantitative estimate of drug-likeness (QED) is 0.784. The third kappa shape index (κ3) is 7.13. The molecule has 15 heavy (non-hydrogen) atoms. The summed E-state index contributed by atoms with van der Waals surface area (Å²) in [5.41, 5.74) is -0.607. The number of halogens is 1. The fraction of sp³-hybridized carbons (Fsp3) is 0.900. The minimum Gasteiger partial charge on any atom is -0.444 e. The first-order chi connectivity index (χ1) is 6.76. The summed E-state index contributed by atoms with van der Waals surface area (Å²) in [6.07, 6.45) is -1.29. The zero-order valence-electron chi connectivity index (χ0n) is 9.79. The molecule has 0 aromatic heterocycles. The Morgan fingerprint density at radius 3 is 2.40 bits per heavy atom. The van der Waals surface area contributed by atoms with Crippen LogP contribution in [0.15, 0.2) is 0 Å². The largest absolute Gasteiger partial charge is 0.444 e. The molecule has 1 atom stereocenters. The van der Waals surface area contributed by atoms with Gasteiger partial charge in [0.15, 0.2) is 0 Å². The maximum absolute atomic E-state index is 12.2. The number of carbonyl (C=O) groups excluding carboxylic acids is 1. The molecule has 5 heteroatoms. The summed E-state index contributed by atoms with van der Waals surface area (Å²) in [4.78, 5) is 12.7. The van der Waals surface area contributed by atoms with Gasteiger partial charge in [-0.15, -0.1) is 0 Å². The highest BCUT2D eigenvalue weighted by molar-refractivity contribution is 5.68. The Morgan fingerprint density at radius 1 is 1.53 bits per heavy atom. The van der Waals surface area contributed by atoms with Crippen LogP contribution in [0.5, 0.6) is 0 Å². The molecule has 0 saturated heterocycles. The van der Waals surface area contributed by atoms with Gasteiger partial charge in [0.1, 0.15) is 12.3 Å². The number of aliphatic hydroxyl groups is 1. The molecule has 0 fully saturated rings. The van der Waals surface area contributed by atoms with Crippen LogP contribution in [0, 0.1) is 0 Å². The lowest BCUT2D eigenvalue weighted by Crippen LogP contribution is -2.41. The molecule has 4 nitrogen and oxygen atoms in total. The van der Waals surface area contributed by atoms with Crippen molar-refractivity contribution in [2.45, 2.75) is 39.4 Å². The van der Waals surface area contributed by atoms with Crippen molar-refractivity contribution in [1.82, 2.24) is 4.90 Å². The third-order valence-corrected chi connectivity index (χ3v) is 1.49. The molecule has 0 heterocycles. The summed E-state index contributed by atoms with van der Waals surface area (Å²) >= 11 is 0. The molecular weight excluding hydrogens is 201 g/mol. The van der Waals surface area contributed by atoms with E-state index in [4.69, 9.17) is 9.84 Å². The van der Waals surface area contributed by atoms with Crippen molar-refractivity contribution >= 4 is 6.09 Å². The molecule has 0 aliphatic rings. The summed E-state index contributed by atoms with van der Waals surface area (Å²) in [6.45, 7) is 6.13. The summed E-state index contributed by atoms with van der Waals surface area (Å²) in [6, 6.07) is 0. The lowest BCUT2D eigenvalue weighted by Gasteiger charge is -2.27. The molecule has 0 radical (unpaired) electrons. The van der Waals surface area contributed by atoms with Crippen LogP contribution in [0.2, 0.25) is 0 Å². The lowest BCUT2D eigenvalue weighted by atomic mass is 10.2. The second kappa shape index (κ2) is 5.90. The van der Waals surface area contributed by atoms with Crippen LogP contribution in [0.3, 0.4) is 0 Å². The molecule has 0 rings (SSSR count). The Kier molecular flexibility index (Phi) is 5.57. The maximum atomic E-state index is 12.2. The van der Waals surface area contributed by atoms with Crippen molar-refractivity contribution in [2.24, 2.45) is 0 Å². The molecule has 0 saturated carbocycles. The van der Waals surface area contributed by atoms with Gasteiger partial charge in [-0.05, 0) is 27.7 Å². The zero-order chi connectivity index (χ0) is 12.1. The van der Waals surface area contributed by atoms with Crippen molar-refractivity contribution in [3.05, 3.63) is 0 Å². The Balaban J connectivity index is 4.28. The van der Waals surface area contributed by atoms with E-state index in [1.807, 2.05) is 0 Å². The first-order valence-corrected chi connectivity index (χ1v) is 4.98. The number of carbonyl (C=O) groups is 1. The average molecular weight is 221 g/mol. The van der Waals surface area contributed by atoms with Crippen LogP contribution < -0.4 is 0 Å². The number of hydrogen-bond donors (Lipinski definition) is 1. The molecule has 1 N–H and O–H groups in total. The normalized spacial score (nSPS) is 13.5. The van der Waals surface area contributed by atoms with Crippen molar-refractivity contribution in [1.29, 1.82) is 0 Å². The molecule has 0 aromatic carbocycles. The van der Waals surface area contributed by atoms with E-state index in [1.165, 1.54) is 6.92 Å². The topological polar surface area (TPSA) is 49.8 Å². The van der Waals surface area contributed by atoms with Crippen LogP contribution in [0.1, 0.15) is 27.7 Å². The van der Waals surface area contributed by atoms with Gasteiger partial charge >= 0.3 is 6.09 Å². The molecule has 0 aliphatic carbocycles. The smallest absolute Gasteiger partial charge is 0.410 e. The third-order valence-electron chi connectivity index (χ3n) is 1.49. The Hall–Kier alpha value is -0.840. The monoisotopic (exact) mass is 221 g/mol. The van der Waals surface area contributed by atoms with Gasteiger partial charge < -0.3 is 14.7 Å². The van der Waals surface area contributed by atoms with Crippen LogP contribution in [-0.4, -0.2) is 47.6 Å². The van der Waals surface area contributed by atoms with Gasteiger partial charge in [0, 0.05) is 6.54 Å². The Bertz CT molecular complexity index is 201. The standard InChI is InChI=1S/C10H20FNO3/c1-8(13)7-12(6-5-11)9(14)15-10(2,3)4/h8,13H,5-7H2,1-4H3/t8-/m0/s1. The zero-order valence-corrected chi connectivity index (χ0v) is 9.79. The number of rotatable bonds is 4. The van der Waals surface area contributed by atoms with Gasteiger partial charge in [-0.3, -0.25) is 0 Å². The fourth-order valence-corrected chi connectivity index (χ4v) is 1.00. The van der Waals surface area contributed by atoms with Crippen molar-refractivity contribution in [3.8, 4) is 0 Å². The first-order valence-electron chi connectivity index (χ1n) is 4.98. The Labute approximate surface area is 90.0 Å². The van der Waals surface area contributed by atoms with Gasteiger partial charge in [-0.25, -0.2) is 9.18 Å². The Morgan fingerprint density at radius 2 is 2.07 bits per heavy atom. The van der Waals surface area contributed by atoms with E-state index < -0.39 is 24.5 Å². The van der Waals surface area contributed by atoms with Crippen LogP contribution in [0.25, 0.3) is 0 Å². The van der Waals surface area contributed by atoms with Gasteiger partial charge in [-0.1, -0.05) is 0 Å². The fourth-order valence-electron chi connectivity index (χ4n) is 1.00. The summed E-state index contributed by atoms with van der Waals surface area (Å²) in [5.74, 6) is 0. The molecule has 0 spiro atoms. The van der Waals surface area contributed by atoms with E-state index in [9.17, 15) is 9.18 Å². The van der Waals surface area contributed by atoms with Crippen LogP contribution in [0.4, 0.5) is 9.18 Å². The molecule has 0 bridgehead atoms. The van der Waals surface area contributed by atoms with Crippen molar-refractivity contribution in [3.63, 3.8) is 0 Å². The molecular formula is C10H20FNO3. The predicted octanol–water partition coefficient (Wildman–Crippen LogP) is 1.57. The number of hydrogen-bond acceptors (Lipinski definition) is 3. The minimum absolute atomic E-state index is 0.0557. The van der Waals surface area contributed by atoms with Crippen molar-refractivity contribution < 1.29 is 19.0 Å². The summed E-state index contributed by atoms with van der Waals surface area (Å²) < 4.78 is 17.2. The molecule has 0 aromatic rings. The van der Waals surface area contributed by atoms with E-state index in [0.29, 0.717) is 0 Å². The van der Waals surface area contributed by atoms with E-state index in [-0.39, 0.29) is 13.1 Å². The predicted molar refractivity (Wildman–Crippen MR) is 55.5 cm³/mol. The van der Waals surface area contributed by atoms with Gasteiger partial charge in [0.2, 0.25) is 0 Å². The second-order valence-electron chi connectivity index (χ2n) is 4.46. The van der Waals surface area contributed by atoms with Gasteiger partial charge in [0.25, 0.3) is 0 Å². The summed E-state index contributed by atoms with van der Waals surface area (Å²) in [5, 5.41) is 9.12. The molecule has 1 amide bonds. The lowest BCUT2D eigenvalue weighted by molar-refractivity contribution is 0.0150. The molecule has 0 aliphatic heterocycles. The SMILES string of the molecule is C[C@H](O)CN(CCF)C(=O)OC(C)(C)C. The molecule has 0 unspecified atom stereocenters.